The zero-order chi connectivity index (χ0) is 15.0. The third-order valence-electron chi connectivity index (χ3n) is 4.18. The van der Waals surface area contributed by atoms with Crippen LogP contribution in [0.1, 0.15) is 27.2 Å². The van der Waals surface area contributed by atoms with E-state index in [9.17, 15) is 13.2 Å². The van der Waals surface area contributed by atoms with Crippen LogP contribution >= 0.6 is 0 Å². The number of sulfone groups is 1. The Balaban J connectivity index is 1.89. The molecule has 7 heteroatoms. The predicted molar refractivity (Wildman–Crippen MR) is 78.3 cm³/mol. The van der Waals surface area contributed by atoms with Crippen LogP contribution in [0.3, 0.4) is 0 Å². The Morgan fingerprint density at radius 2 is 2.15 bits per heavy atom. The van der Waals surface area contributed by atoms with Crippen LogP contribution < -0.4 is 10.6 Å². The monoisotopic (exact) mass is 303 g/mol. The van der Waals surface area contributed by atoms with Crippen LogP contribution in [0.25, 0.3) is 0 Å². The van der Waals surface area contributed by atoms with Gasteiger partial charge in [0, 0.05) is 25.2 Å². The van der Waals surface area contributed by atoms with E-state index in [0.29, 0.717) is 25.0 Å². The summed E-state index contributed by atoms with van der Waals surface area (Å²) in [5.74, 6) is 0.148. The minimum absolute atomic E-state index is 0.0548. The van der Waals surface area contributed by atoms with E-state index in [1.54, 1.807) is 0 Å². The second-order valence-electron chi connectivity index (χ2n) is 6.54. The second kappa shape index (κ2) is 5.61. The van der Waals surface area contributed by atoms with E-state index in [-0.39, 0.29) is 17.4 Å². The maximum absolute atomic E-state index is 12.2. The van der Waals surface area contributed by atoms with Crippen molar-refractivity contribution in [2.45, 2.75) is 44.8 Å². The highest BCUT2D eigenvalue weighted by atomic mass is 32.2. The zero-order valence-corrected chi connectivity index (χ0v) is 13.3. The van der Waals surface area contributed by atoms with Gasteiger partial charge in [0.2, 0.25) is 5.91 Å². The normalized spacial score (nSPS) is 37.8. The standard InChI is InChI=1S/C13H25N3O3S/c1-10-7-16(11(2)6-14-10)8-12(17)15-13(3)4-5-20(18,19)9-13/h10-11,14H,4-9H2,1-3H3,(H,15,17). The predicted octanol–water partition coefficient (Wildman–Crippen LogP) is -0.638. The summed E-state index contributed by atoms with van der Waals surface area (Å²) < 4.78 is 23.1. The molecule has 0 bridgehead atoms. The first-order chi connectivity index (χ1) is 9.19. The molecule has 3 unspecified atom stereocenters. The highest BCUT2D eigenvalue weighted by Gasteiger charge is 2.39. The number of carbonyl (C=O) groups is 1. The molecule has 3 atom stereocenters. The molecule has 0 aliphatic carbocycles. The van der Waals surface area contributed by atoms with Gasteiger partial charge in [0.15, 0.2) is 9.84 Å². The molecule has 1 amide bonds. The minimum Gasteiger partial charge on any atom is -0.349 e. The number of amides is 1. The van der Waals surface area contributed by atoms with Gasteiger partial charge in [-0.3, -0.25) is 9.69 Å². The van der Waals surface area contributed by atoms with E-state index in [1.165, 1.54) is 0 Å². The van der Waals surface area contributed by atoms with E-state index >= 15 is 0 Å². The summed E-state index contributed by atoms with van der Waals surface area (Å²) in [4.78, 5) is 14.3. The quantitative estimate of drug-likeness (QED) is 0.725. The lowest BCUT2D eigenvalue weighted by Crippen LogP contribution is -2.58. The van der Waals surface area contributed by atoms with E-state index in [4.69, 9.17) is 0 Å². The molecule has 0 aromatic rings. The Labute approximate surface area is 121 Å². The molecule has 2 rings (SSSR count). The van der Waals surface area contributed by atoms with Crippen LogP contribution in [-0.2, 0) is 14.6 Å². The maximum Gasteiger partial charge on any atom is 0.234 e. The molecule has 2 heterocycles. The highest BCUT2D eigenvalue weighted by molar-refractivity contribution is 7.91. The van der Waals surface area contributed by atoms with Gasteiger partial charge in [0.05, 0.1) is 23.6 Å². The molecule has 0 aromatic carbocycles. The van der Waals surface area contributed by atoms with Gasteiger partial charge in [-0.2, -0.15) is 0 Å². The molecule has 2 saturated heterocycles. The molecule has 0 spiro atoms. The van der Waals surface area contributed by atoms with Gasteiger partial charge in [-0.1, -0.05) is 0 Å². The van der Waals surface area contributed by atoms with Crippen molar-refractivity contribution < 1.29 is 13.2 Å². The van der Waals surface area contributed by atoms with Crippen molar-refractivity contribution >= 4 is 15.7 Å². The van der Waals surface area contributed by atoms with Gasteiger partial charge in [-0.15, -0.1) is 0 Å². The SMILES string of the molecule is CC1CN(CC(=O)NC2(C)CCS(=O)(=O)C2)C(C)CN1. The molecule has 20 heavy (non-hydrogen) atoms. The van der Waals surface area contributed by atoms with Gasteiger partial charge in [-0.05, 0) is 27.2 Å². The minimum atomic E-state index is -2.99. The van der Waals surface area contributed by atoms with E-state index < -0.39 is 15.4 Å². The third-order valence-corrected chi connectivity index (χ3v) is 6.09. The second-order valence-corrected chi connectivity index (χ2v) is 8.72. The van der Waals surface area contributed by atoms with Crippen LogP contribution in [0.2, 0.25) is 0 Å². The van der Waals surface area contributed by atoms with Crippen molar-refractivity contribution in [3.8, 4) is 0 Å². The number of rotatable bonds is 3. The van der Waals surface area contributed by atoms with Crippen molar-refractivity contribution in [3.05, 3.63) is 0 Å². The van der Waals surface area contributed by atoms with Crippen LogP contribution in [0.5, 0.6) is 0 Å². The molecule has 116 valence electrons. The van der Waals surface area contributed by atoms with Gasteiger partial charge in [-0.25, -0.2) is 8.42 Å². The molecule has 2 aliphatic heterocycles. The van der Waals surface area contributed by atoms with E-state index in [2.05, 4.69) is 29.4 Å². The molecule has 0 saturated carbocycles. The van der Waals surface area contributed by atoms with Crippen molar-refractivity contribution in [2.24, 2.45) is 0 Å². The first-order valence-electron chi connectivity index (χ1n) is 7.18. The van der Waals surface area contributed by atoms with Crippen molar-refractivity contribution in [2.75, 3.05) is 31.1 Å². The van der Waals surface area contributed by atoms with Crippen molar-refractivity contribution in [3.63, 3.8) is 0 Å². The first kappa shape index (κ1) is 15.7. The lowest BCUT2D eigenvalue weighted by Gasteiger charge is -2.37. The van der Waals surface area contributed by atoms with Gasteiger partial charge in [0.25, 0.3) is 0 Å². The maximum atomic E-state index is 12.2. The Bertz CT molecular complexity index is 479. The molecular weight excluding hydrogens is 278 g/mol. The number of carbonyl (C=O) groups excluding carboxylic acids is 1. The smallest absolute Gasteiger partial charge is 0.234 e. The van der Waals surface area contributed by atoms with Crippen molar-refractivity contribution in [1.29, 1.82) is 0 Å². The summed E-state index contributed by atoms with van der Waals surface area (Å²) in [6, 6.07) is 0.693. The first-order valence-corrected chi connectivity index (χ1v) is 9.00. The van der Waals surface area contributed by atoms with Crippen LogP contribution in [0.15, 0.2) is 0 Å². The van der Waals surface area contributed by atoms with Gasteiger partial charge < -0.3 is 10.6 Å². The summed E-state index contributed by atoms with van der Waals surface area (Å²) in [5, 5.41) is 6.29. The van der Waals surface area contributed by atoms with Crippen LogP contribution in [0.4, 0.5) is 0 Å². The summed E-state index contributed by atoms with van der Waals surface area (Å²) in [6.45, 7) is 8.06. The summed E-state index contributed by atoms with van der Waals surface area (Å²) >= 11 is 0. The zero-order valence-electron chi connectivity index (χ0n) is 12.5. The summed E-state index contributed by atoms with van der Waals surface area (Å²) in [7, 11) is -2.99. The topological polar surface area (TPSA) is 78.5 Å². The molecule has 2 aliphatic rings. The highest BCUT2D eigenvalue weighted by Crippen LogP contribution is 2.22. The number of nitrogens with zero attached hydrogens (tertiary/aromatic N) is 1. The number of nitrogens with one attached hydrogen (secondary N) is 2. The molecule has 2 N–H and O–H groups in total. The fourth-order valence-electron chi connectivity index (χ4n) is 2.99. The molecule has 0 aromatic heterocycles. The van der Waals surface area contributed by atoms with Crippen molar-refractivity contribution in [1.82, 2.24) is 15.5 Å². The average Bonchev–Trinajstić information content (AvgIpc) is 2.57. The molecule has 6 nitrogen and oxygen atoms in total. The summed E-state index contributed by atoms with van der Waals surface area (Å²) in [6.07, 6.45) is 0.509. The van der Waals surface area contributed by atoms with Gasteiger partial charge in [0.1, 0.15) is 0 Å². The van der Waals surface area contributed by atoms with E-state index in [1.807, 2.05) is 6.92 Å². The van der Waals surface area contributed by atoms with Crippen LogP contribution in [-0.4, -0.2) is 68.0 Å². The third kappa shape index (κ3) is 3.93. The number of hydrogen-bond donors (Lipinski definition) is 2. The fourth-order valence-corrected chi connectivity index (χ4v) is 5.08. The molecule has 0 radical (unpaired) electrons. The fraction of sp³-hybridized carbons (Fsp3) is 0.923. The van der Waals surface area contributed by atoms with Crippen LogP contribution in [0, 0.1) is 0 Å². The molecule has 2 fully saturated rings. The Morgan fingerprint density at radius 3 is 2.75 bits per heavy atom. The largest absolute Gasteiger partial charge is 0.349 e. The van der Waals surface area contributed by atoms with Gasteiger partial charge >= 0.3 is 0 Å². The number of piperazine rings is 1. The van der Waals surface area contributed by atoms with E-state index in [0.717, 1.165) is 13.1 Å². The summed E-state index contributed by atoms with van der Waals surface area (Å²) in [5.41, 5.74) is -0.598. The Hall–Kier alpha value is -0.660. The average molecular weight is 303 g/mol. The Morgan fingerprint density at radius 1 is 1.45 bits per heavy atom. The Kier molecular flexibility index (Phi) is 4.41. The lowest BCUT2D eigenvalue weighted by atomic mass is 10.0. The molecular formula is C13H25N3O3S. The lowest BCUT2D eigenvalue weighted by molar-refractivity contribution is -0.124. The number of hydrogen-bond acceptors (Lipinski definition) is 5.